The van der Waals surface area contributed by atoms with E-state index in [2.05, 4.69) is 10.3 Å². The molecule has 184 valence electrons. The van der Waals surface area contributed by atoms with Crippen molar-refractivity contribution in [2.75, 3.05) is 36.4 Å². The van der Waals surface area contributed by atoms with Crippen LogP contribution in [0, 0.1) is 0 Å². The van der Waals surface area contributed by atoms with E-state index in [0.29, 0.717) is 37.6 Å². The molecule has 1 aliphatic heterocycles. The SMILES string of the molecule is CC(C)(C)OC(=O)N1CCN(c2ccc(C(=O)O)cc2NC(=O)c2csc(-c3cccs3)n2)CC1. The third kappa shape index (κ3) is 5.98. The number of hydrogen-bond donors (Lipinski definition) is 2. The topological polar surface area (TPSA) is 112 Å². The van der Waals surface area contributed by atoms with Gasteiger partial charge in [0.1, 0.15) is 16.3 Å². The molecule has 35 heavy (non-hydrogen) atoms. The van der Waals surface area contributed by atoms with Crippen molar-refractivity contribution in [2.24, 2.45) is 0 Å². The van der Waals surface area contributed by atoms with E-state index in [4.69, 9.17) is 4.74 Å². The lowest BCUT2D eigenvalue weighted by molar-refractivity contribution is 0.0240. The molecule has 9 nitrogen and oxygen atoms in total. The van der Waals surface area contributed by atoms with E-state index < -0.39 is 17.5 Å². The number of thiazole rings is 1. The molecule has 1 fully saturated rings. The van der Waals surface area contributed by atoms with Gasteiger partial charge in [0, 0.05) is 31.6 Å². The number of carbonyl (C=O) groups is 3. The van der Waals surface area contributed by atoms with Gasteiger partial charge in [0.2, 0.25) is 0 Å². The molecular formula is C24H26N4O5S2. The fourth-order valence-corrected chi connectivity index (χ4v) is 5.19. The number of piperazine rings is 1. The van der Waals surface area contributed by atoms with Crippen molar-refractivity contribution in [3.63, 3.8) is 0 Å². The van der Waals surface area contributed by atoms with Gasteiger partial charge in [-0.05, 0) is 50.4 Å². The van der Waals surface area contributed by atoms with Crippen molar-refractivity contribution >= 4 is 52.0 Å². The maximum atomic E-state index is 13.0. The summed E-state index contributed by atoms with van der Waals surface area (Å²) in [6.45, 7) is 7.38. The molecule has 3 heterocycles. The van der Waals surface area contributed by atoms with Crippen LogP contribution in [0.5, 0.6) is 0 Å². The number of benzene rings is 1. The molecule has 4 rings (SSSR count). The minimum absolute atomic E-state index is 0.0639. The van der Waals surface area contributed by atoms with E-state index in [-0.39, 0.29) is 17.4 Å². The fourth-order valence-electron chi connectivity index (χ4n) is 3.58. The molecule has 0 saturated carbocycles. The molecule has 1 aliphatic rings. The maximum absolute atomic E-state index is 13.0. The molecule has 2 aromatic heterocycles. The van der Waals surface area contributed by atoms with Crippen LogP contribution in [0.4, 0.5) is 16.2 Å². The number of nitrogens with zero attached hydrogens (tertiary/aromatic N) is 3. The number of nitrogens with one attached hydrogen (secondary N) is 1. The summed E-state index contributed by atoms with van der Waals surface area (Å²) in [5.74, 6) is -1.50. The maximum Gasteiger partial charge on any atom is 0.410 e. The largest absolute Gasteiger partial charge is 0.478 e. The number of anilines is 2. The highest BCUT2D eigenvalue weighted by Gasteiger charge is 2.27. The number of ether oxygens (including phenoxy) is 1. The second-order valence-corrected chi connectivity index (χ2v) is 10.8. The second-order valence-electron chi connectivity index (χ2n) is 8.96. The predicted octanol–water partition coefficient (Wildman–Crippen LogP) is 4.88. The summed E-state index contributed by atoms with van der Waals surface area (Å²) in [6, 6.07) is 8.50. The van der Waals surface area contributed by atoms with Gasteiger partial charge in [0.05, 0.1) is 21.8 Å². The minimum atomic E-state index is -1.09. The lowest BCUT2D eigenvalue weighted by Crippen LogP contribution is -2.50. The molecular weight excluding hydrogens is 488 g/mol. The van der Waals surface area contributed by atoms with Gasteiger partial charge >= 0.3 is 12.1 Å². The lowest BCUT2D eigenvalue weighted by atomic mass is 10.1. The van der Waals surface area contributed by atoms with Gasteiger partial charge in [-0.1, -0.05) is 6.07 Å². The Bertz CT molecular complexity index is 1230. The van der Waals surface area contributed by atoms with Gasteiger partial charge in [-0.25, -0.2) is 14.6 Å². The third-order valence-electron chi connectivity index (χ3n) is 5.23. The van der Waals surface area contributed by atoms with E-state index in [1.165, 1.54) is 23.5 Å². The Hall–Kier alpha value is -3.44. The quantitative estimate of drug-likeness (QED) is 0.499. The first-order valence-corrected chi connectivity index (χ1v) is 12.8. The molecule has 0 bridgehead atoms. The van der Waals surface area contributed by atoms with Crippen LogP contribution in [0.3, 0.4) is 0 Å². The number of carboxylic acids is 1. The van der Waals surface area contributed by atoms with Crippen LogP contribution >= 0.6 is 22.7 Å². The molecule has 0 radical (unpaired) electrons. The van der Waals surface area contributed by atoms with Gasteiger partial charge in [0.25, 0.3) is 5.91 Å². The molecule has 1 aromatic carbocycles. The van der Waals surface area contributed by atoms with Crippen molar-refractivity contribution in [3.05, 3.63) is 52.3 Å². The Balaban J connectivity index is 1.51. The van der Waals surface area contributed by atoms with Gasteiger partial charge in [-0.15, -0.1) is 22.7 Å². The Morgan fingerprint density at radius 2 is 1.83 bits per heavy atom. The van der Waals surface area contributed by atoms with Crippen LogP contribution in [-0.2, 0) is 4.74 Å². The normalized spacial score (nSPS) is 14.0. The Morgan fingerprint density at radius 1 is 1.09 bits per heavy atom. The summed E-state index contributed by atoms with van der Waals surface area (Å²) >= 11 is 2.92. The van der Waals surface area contributed by atoms with Crippen LogP contribution < -0.4 is 10.2 Å². The van der Waals surface area contributed by atoms with Crippen molar-refractivity contribution in [2.45, 2.75) is 26.4 Å². The standard InChI is InChI=1S/C24H26N4O5S2/c1-24(2,3)33-23(32)28-10-8-27(9-11-28)18-7-6-15(22(30)31)13-16(18)25-20(29)17-14-35-21(26-17)19-5-4-12-34-19/h4-7,12-14H,8-11H2,1-3H3,(H,25,29)(H,30,31). The van der Waals surface area contributed by atoms with Crippen molar-refractivity contribution < 1.29 is 24.2 Å². The first-order chi connectivity index (χ1) is 16.6. The van der Waals surface area contributed by atoms with Crippen molar-refractivity contribution in [1.29, 1.82) is 0 Å². The number of aromatic carboxylic acids is 1. The molecule has 2 amide bonds. The number of thiophene rings is 1. The number of aromatic nitrogens is 1. The van der Waals surface area contributed by atoms with E-state index in [0.717, 1.165) is 9.88 Å². The molecule has 3 aromatic rings. The van der Waals surface area contributed by atoms with Crippen LogP contribution in [0.1, 0.15) is 41.6 Å². The highest BCUT2D eigenvalue weighted by Crippen LogP contribution is 2.31. The Kier molecular flexibility index (Phi) is 7.08. The molecule has 2 N–H and O–H groups in total. The molecule has 0 atom stereocenters. The number of hydrogen-bond acceptors (Lipinski definition) is 8. The number of carboxylic acid groups (broad SMARTS) is 1. The van der Waals surface area contributed by atoms with E-state index >= 15 is 0 Å². The molecule has 11 heteroatoms. The zero-order chi connectivity index (χ0) is 25.2. The van der Waals surface area contributed by atoms with Gasteiger partial charge in [0.15, 0.2) is 0 Å². The molecule has 0 unspecified atom stereocenters. The number of rotatable bonds is 5. The third-order valence-corrected chi connectivity index (χ3v) is 7.11. The average Bonchev–Trinajstić information content (AvgIpc) is 3.50. The van der Waals surface area contributed by atoms with Crippen LogP contribution in [-0.4, -0.2) is 64.7 Å². The summed E-state index contributed by atoms with van der Waals surface area (Å²) in [4.78, 5) is 46.0. The summed E-state index contributed by atoms with van der Waals surface area (Å²) in [7, 11) is 0. The Labute approximate surface area is 211 Å². The van der Waals surface area contributed by atoms with Gasteiger partial charge in [-0.3, -0.25) is 4.79 Å². The fraction of sp³-hybridized carbons (Fsp3) is 0.333. The highest BCUT2D eigenvalue weighted by atomic mass is 32.1. The monoisotopic (exact) mass is 514 g/mol. The first-order valence-electron chi connectivity index (χ1n) is 11.0. The second kappa shape index (κ2) is 10.0. The smallest absolute Gasteiger partial charge is 0.410 e. The average molecular weight is 515 g/mol. The minimum Gasteiger partial charge on any atom is -0.478 e. The van der Waals surface area contributed by atoms with E-state index in [9.17, 15) is 19.5 Å². The van der Waals surface area contributed by atoms with Gasteiger partial charge < -0.3 is 25.0 Å². The summed E-state index contributed by atoms with van der Waals surface area (Å²) in [5.41, 5.74) is 0.818. The number of amides is 2. The molecule has 0 spiro atoms. The zero-order valence-electron chi connectivity index (χ0n) is 19.6. The van der Waals surface area contributed by atoms with Crippen LogP contribution in [0.15, 0.2) is 41.1 Å². The predicted molar refractivity (Wildman–Crippen MR) is 137 cm³/mol. The molecule has 1 saturated heterocycles. The first kappa shape index (κ1) is 24.7. The van der Waals surface area contributed by atoms with Gasteiger partial charge in [-0.2, -0.15) is 0 Å². The van der Waals surface area contributed by atoms with Crippen molar-refractivity contribution in [3.8, 4) is 9.88 Å². The number of carbonyl (C=O) groups excluding carboxylic acids is 2. The summed E-state index contributed by atoms with van der Waals surface area (Å²) in [5, 5.41) is 16.7. The Morgan fingerprint density at radius 3 is 2.46 bits per heavy atom. The summed E-state index contributed by atoms with van der Waals surface area (Å²) < 4.78 is 5.46. The van der Waals surface area contributed by atoms with E-state index in [1.807, 2.05) is 43.2 Å². The van der Waals surface area contributed by atoms with E-state index in [1.54, 1.807) is 27.7 Å². The molecule has 0 aliphatic carbocycles. The van der Waals surface area contributed by atoms with Crippen LogP contribution in [0.2, 0.25) is 0 Å². The van der Waals surface area contributed by atoms with Crippen LogP contribution in [0.25, 0.3) is 9.88 Å². The summed E-state index contributed by atoms with van der Waals surface area (Å²) in [6.07, 6.45) is -0.364. The van der Waals surface area contributed by atoms with Crippen molar-refractivity contribution in [1.82, 2.24) is 9.88 Å². The zero-order valence-corrected chi connectivity index (χ0v) is 21.2. The highest BCUT2D eigenvalue weighted by molar-refractivity contribution is 7.20. The lowest BCUT2D eigenvalue weighted by Gasteiger charge is -2.37.